The number of benzene rings is 1. The number of hydrogen-bond donors (Lipinski definition) is 0. The molecule has 1 fully saturated rings. The first-order chi connectivity index (χ1) is 15.3. The maximum Gasteiger partial charge on any atom is 0.433 e. The van der Waals surface area contributed by atoms with E-state index in [1.165, 1.54) is 17.4 Å². The van der Waals surface area contributed by atoms with Gasteiger partial charge in [0.2, 0.25) is 0 Å². The van der Waals surface area contributed by atoms with E-state index >= 15 is 0 Å². The number of likely N-dealkylation sites (tertiary alicyclic amines) is 1. The molecule has 1 amide bonds. The molecule has 32 heavy (non-hydrogen) atoms. The number of rotatable bonds is 3. The number of halogens is 3. The summed E-state index contributed by atoms with van der Waals surface area (Å²) in [4.78, 5) is 19.9. The molecule has 0 N–H and O–H groups in total. The quantitative estimate of drug-likeness (QED) is 0.394. The zero-order valence-electron chi connectivity index (χ0n) is 17.1. The highest BCUT2D eigenvalue weighted by atomic mass is 32.1. The highest BCUT2D eigenvalue weighted by molar-refractivity contribution is 7.13. The van der Waals surface area contributed by atoms with Crippen LogP contribution in [0, 0.1) is 6.92 Å². The van der Waals surface area contributed by atoms with Crippen molar-refractivity contribution in [1.29, 1.82) is 0 Å². The minimum atomic E-state index is -4.64. The Kier molecular flexibility index (Phi) is 5.00. The lowest BCUT2D eigenvalue weighted by atomic mass is 10.0. The molecule has 0 aliphatic carbocycles. The lowest BCUT2D eigenvalue weighted by Gasteiger charge is -2.24. The van der Waals surface area contributed by atoms with Crippen molar-refractivity contribution in [2.45, 2.75) is 32.0 Å². The normalized spacial score (nSPS) is 16.8. The smallest absolute Gasteiger partial charge is 0.330 e. The fraction of sp³-hybridized carbons (Fsp3) is 0.261. The van der Waals surface area contributed by atoms with Gasteiger partial charge in [0.15, 0.2) is 17.0 Å². The summed E-state index contributed by atoms with van der Waals surface area (Å²) in [5.74, 6) is -0.385. The standard InChI is InChI=1S/C23H19F3N4OS/c1-14-6-8-15(9-7-14)18-4-2-10-29(18)22(31)17-13-21-27-16(19-5-3-11-32-19)12-20(23(24,25)26)30(21)28-17/h3,5-9,11-13,18H,2,4,10H2,1H3. The van der Waals surface area contributed by atoms with Crippen LogP contribution < -0.4 is 0 Å². The summed E-state index contributed by atoms with van der Waals surface area (Å²) in [6.07, 6.45) is -3.01. The molecule has 1 aliphatic heterocycles. The number of hydrogen-bond acceptors (Lipinski definition) is 4. The Morgan fingerprint density at radius 2 is 1.94 bits per heavy atom. The number of carbonyl (C=O) groups excluding carboxylic acids is 1. The molecule has 1 atom stereocenters. The van der Waals surface area contributed by atoms with Crippen LogP contribution in [0.2, 0.25) is 0 Å². The molecule has 9 heteroatoms. The fourth-order valence-electron chi connectivity index (χ4n) is 4.12. The van der Waals surface area contributed by atoms with Crippen LogP contribution in [-0.2, 0) is 6.18 Å². The predicted octanol–water partition coefficient (Wildman–Crippen LogP) is 5.76. The molecule has 1 saturated heterocycles. The largest absolute Gasteiger partial charge is 0.433 e. The van der Waals surface area contributed by atoms with Gasteiger partial charge in [-0.1, -0.05) is 35.9 Å². The molecule has 5 nitrogen and oxygen atoms in total. The Hall–Kier alpha value is -3.20. The highest BCUT2D eigenvalue weighted by Crippen LogP contribution is 2.35. The van der Waals surface area contributed by atoms with Gasteiger partial charge in [-0.05, 0) is 42.8 Å². The van der Waals surface area contributed by atoms with Crippen LogP contribution in [0.1, 0.15) is 46.2 Å². The van der Waals surface area contributed by atoms with Crippen molar-refractivity contribution in [2.24, 2.45) is 0 Å². The molecule has 1 aliphatic rings. The van der Waals surface area contributed by atoms with Gasteiger partial charge in [0, 0.05) is 12.6 Å². The Morgan fingerprint density at radius 3 is 2.62 bits per heavy atom. The number of aromatic nitrogens is 3. The van der Waals surface area contributed by atoms with Gasteiger partial charge in [-0.2, -0.15) is 18.3 Å². The van der Waals surface area contributed by atoms with Gasteiger partial charge in [0.25, 0.3) is 5.91 Å². The van der Waals surface area contributed by atoms with Crippen LogP contribution in [-0.4, -0.2) is 31.9 Å². The maximum absolute atomic E-state index is 13.8. The monoisotopic (exact) mass is 456 g/mol. The molecular formula is C23H19F3N4OS. The molecule has 4 aromatic rings. The number of thiophene rings is 1. The molecule has 0 radical (unpaired) electrons. The van der Waals surface area contributed by atoms with E-state index in [-0.39, 0.29) is 29.0 Å². The van der Waals surface area contributed by atoms with Crippen molar-refractivity contribution in [2.75, 3.05) is 6.54 Å². The molecule has 0 bridgehead atoms. The van der Waals surface area contributed by atoms with Crippen molar-refractivity contribution in [3.63, 3.8) is 0 Å². The van der Waals surface area contributed by atoms with E-state index in [1.807, 2.05) is 31.2 Å². The van der Waals surface area contributed by atoms with E-state index in [2.05, 4.69) is 10.1 Å². The van der Waals surface area contributed by atoms with Gasteiger partial charge in [-0.15, -0.1) is 11.3 Å². The van der Waals surface area contributed by atoms with E-state index < -0.39 is 11.9 Å². The Balaban J connectivity index is 1.55. The van der Waals surface area contributed by atoms with Crippen LogP contribution in [0.15, 0.2) is 53.9 Å². The first-order valence-corrected chi connectivity index (χ1v) is 11.1. The van der Waals surface area contributed by atoms with Gasteiger partial charge in [0.1, 0.15) is 0 Å². The van der Waals surface area contributed by atoms with E-state index in [4.69, 9.17) is 0 Å². The first-order valence-electron chi connectivity index (χ1n) is 10.2. The van der Waals surface area contributed by atoms with Crippen molar-refractivity contribution in [1.82, 2.24) is 19.5 Å². The molecular weight excluding hydrogens is 437 g/mol. The average molecular weight is 456 g/mol. The lowest BCUT2D eigenvalue weighted by molar-refractivity contribution is -0.142. The van der Waals surface area contributed by atoms with Crippen LogP contribution in [0.5, 0.6) is 0 Å². The van der Waals surface area contributed by atoms with Crippen molar-refractivity contribution in [3.05, 3.63) is 76.4 Å². The molecule has 4 heterocycles. The summed E-state index contributed by atoms with van der Waals surface area (Å²) in [6.45, 7) is 2.53. The van der Waals surface area contributed by atoms with Gasteiger partial charge in [-0.25, -0.2) is 9.50 Å². The molecule has 1 unspecified atom stereocenters. The third kappa shape index (κ3) is 3.66. The van der Waals surface area contributed by atoms with E-state index in [9.17, 15) is 18.0 Å². The average Bonchev–Trinajstić information content (AvgIpc) is 3.52. The second-order valence-electron chi connectivity index (χ2n) is 7.87. The highest BCUT2D eigenvalue weighted by Gasteiger charge is 2.37. The number of alkyl halides is 3. The summed E-state index contributed by atoms with van der Waals surface area (Å²) < 4.78 is 42.1. The summed E-state index contributed by atoms with van der Waals surface area (Å²) >= 11 is 1.30. The summed E-state index contributed by atoms with van der Waals surface area (Å²) in [5.41, 5.74) is 1.35. The van der Waals surface area contributed by atoms with E-state index in [1.54, 1.807) is 22.4 Å². The number of fused-ring (bicyclic) bond motifs is 1. The van der Waals surface area contributed by atoms with Crippen molar-refractivity contribution in [3.8, 4) is 10.6 Å². The molecule has 3 aromatic heterocycles. The molecule has 0 spiro atoms. The van der Waals surface area contributed by atoms with Crippen molar-refractivity contribution < 1.29 is 18.0 Å². The summed E-state index contributed by atoms with van der Waals surface area (Å²) in [5, 5.41) is 5.81. The van der Waals surface area contributed by atoms with E-state index in [0.717, 1.165) is 34.6 Å². The summed E-state index contributed by atoms with van der Waals surface area (Å²) in [7, 11) is 0. The summed E-state index contributed by atoms with van der Waals surface area (Å²) in [6, 6.07) is 13.6. The second kappa shape index (κ2) is 7.74. The number of carbonyl (C=O) groups is 1. The van der Waals surface area contributed by atoms with Gasteiger partial charge < -0.3 is 4.90 Å². The minimum absolute atomic E-state index is 0.00217. The number of nitrogens with zero attached hydrogens (tertiary/aromatic N) is 4. The molecule has 5 rings (SSSR count). The fourth-order valence-corrected chi connectivity index (χ4v) is 4.81. The Labute approximate surface area is 186 Å². The van der Waals surface area contributed by atoms with Gasteiger partial charge in [0.05, 0.1) is 16.6 Å². The van der Waals surface area contributed by atoms with Crippen LogP contribution >= 0.6 is 11.3 Å². The van der Waals surface area contributed by atoms with Crippen LogP contribution in [0.4, 0.5) is 13.2 Å². The Bertz CT molecular complexity index is 1280. The lowest BCUT2D eigenvalue weighted by Crippen LogP contribution is -2.31. The first kappa shape index (κ1) is 20.7. The minimum Gasteiger partial charge on any atom is -0.330 e. The second-order valence-corrected chi connectivity index (χ2v) is 8.82. The number of aryl methyl sites for hydroxylation is 1. The molecule has 164 valence electrons. The SMILES string of the molecule is Cc1ccc(C2CCCN2C(=O)c2cc3nc(-c4cccs4)cc(C(F)(F)F)n3n2)cc1. The van der Waals surface area contributed by atoms with Gasteiger partial charge >= 0.3 is 6.18 Å². The zero-order chi connectivity index (χ0) is 22.5. The van der Waals surface area contributed by atoms with Crippen LogP contribution in [0.25, 0.3) is 16.2 Å². The number of amides is 1. The maximum atomic E-state index is 13.8. The third-order valence-corrected chi connectivity index (χ3v) is 6.58. The van der Waals surface area contributed by atoms with Gasteiger partial charge in [-0.3, -0.25) is 4.79 Å². The Morgan fingerprint density at radius 1 is 1.16 bits per heavy atom. The molecule has 1 aromatic carbocycles. The predicted molar refractivity (Wildman–Crippen MR) is 115 cm³/mol. The molecule has 0 saturated carbocycles. The zero-order valence-corrected chi connectivity index (χ0v) is 18.0. The van der Waals surface area contributed by atoms with E-state index in [0.29, 0.717) is 11.4 Å². The third-order valence-electron chi connectivity index (χ3n) is 5.69. The van der Waals surface area contributed by atoms with Crippen LogP contribution in [0.3, 0.4) is 0 Å². The van der Waals surface area contributed by atoms with Crippen molar-refractivity contribution >= 4 is 22.9 Å². The topological polar surface area (TPSA) is 50.5 Å².